The van der Waals surface area contributed by atoms with E-state index in [2.05, 4.69) is 0 Å². The normalized spacial score (nSPS) is 14.4. The molecule has 0 aliphatic rings. The van der Waals surface area contributed by atoms with Crippen LogP contribution in [0.15, 0.2) is 0 Å². The molecule has 0 saturated heterocycles. The lowest BCUT2D eigenvalue weighted by Gasteiger charge is -2.07. The second-order valence-electron chi connectivity index (χ2n) is 4.47. The monoisotopic (exact) mass is 230 g/mol. The van der Waals surface area contributed by atoms with Gasteiger partial charge in [0.2, 0.25) is 0 Å². The predicted molar refractivity (Wildman–Crippen MR) is 61.3 cm³/mol. The summed E-state index contributed by atoms with van der Waals surface area (Å²) >= 11 is 0. The van der Waals surface area contributed by atoms with Gasteiger partial charge in [-0.3, -0.25) is 9.59 Å². The van der Waals surface area contributed by atoms with E-state index in [9.17, 15) is 9.59 Å². The molecule has 0 fully saturated rings. The third-order valence-corrected chi connectivity index (χ3v) is 2.87. The molecule has 0 rings (SSSR count). The molecular weight excluding hydrogens is 208 g/mol. The maximum Gasteiger partial charge on any atom is 0.306 e. The number of carbonyl (C=O) groups is 2. The second kappa shape index (κ2) is 8.13. The lowest BCUT2D eigenvalue weighted by Crippen LogP contribution is -2.09. The summed E-state index contributed by atoms with van der Waals surface area (Å²) in [6.07, 6.45) is 5.23. The van der Waals surface area contributed by atoms with E-state index in [1.165, 1.54) is 0 Å². The summed E-state index contributed by atoms with van der Waals surface area (Å²) in [6, 6.07) is 0. The third-order valence-electron chi connectivity index (χ3n) is 2.87. The van der Waals surface area contributed by atoms with Crippen LogP contribution in [0, 0.1) is 11.8 Å². The van der Waals surface area contributed by atoms with Crippen molar-refractivity contribution in [2.75, 3.05) is 0 Å². The van der Waals surface area contributed by atoms with Crippen LogP contribution in [-0.2, 0) is 9.59 Å². The average Bonchev–Trinajstić information content (AvgIpc) is 2.21. The molecule has 0 heterocycles. The predicted octanol–water partition coefficient (Wildman–Crippen LogP) is 2.77. The molecule has 0 aliphatic carbocycles. The molecular formula is C12H22O4. The smallest absolute Gasteiger partial charge is 0.306 e. The fourth-order valence-corrected chi connectivity index (χ4v) is 1.50. The molecule has 0 aromatic rings. The van der Waals surface area contributed by atoms with Gasteiger partial charge in [0, 0.05) is 0 Å². The minimum atomic E-state index is -0.737. The molecule has 2 unspecified atom stereocenters. The van der Waals surface area contributed by atoms with E-state index in [1.807, 2.05) is 0 Å². The highest BCUT2D eigenvalue weighted by Gasteiger charge is 2.11. The topological polar surface area (TPSA) is 74.6 Å². The Hall–Kier alpha value is -1.06. The maximum atomic E-state index is 10.5. The molecule has 0 aromatic heterocycles. The molecule has 0 bridgehead atoms. The first-order chi connectivity index (χ1) is 7.45. The van der Waals surface area contributed by atoms with E-state index in [0.717, 1.165) is 25.7 Å². The minimum absolute atomic E-state index is 0.266. The first-order valence-corrected chi connectivity index (χ1v) is 5.90. The van der Waals surface area contributed by atoms with Gasteiger partial charge in [0.1, 0.15) is 0 Å². The Bertz CT molecular complexity index is 201. The summed E-state index contributed by atoms with van der Waals surface area (Å²) in [5, 5.41) is 17.3. The van der Waals surface area contributed by atoms with Crippen LogP contribution >= 0.6 is 0 Å². The lowest BCUT2D eigenvalue weighted by atomic mass is 10.00. The Kier molecular flexibility index (Phi) is 7.60. The Balaban J connectivity index is 3.34. The van der Waals surface area contributed by atoms with E-state index in [-0.39, 0.29) is 11.8 Å². The van der Waals surface area contributed by atoms with Gasteiger partial charge in [0.25, 0.3) is 0 Å². The summed E-state index contributed by atoms with van der Waals surface area (Å²) in [6.45, 7) is 3.43. The van der Waals surface area contributed by atoms with Crippen molar-refractivity contribution < 1.29 is 19.8 Å². The van der Waals surface area contributed by atoms with Gasteiger partial charge in [-0.1, -0.05) is 39.5 Å². The summed E-state index contributed by atoms with van der Waals surface area (Å²) in [4.78, 5) is 21.0. The molecule has 0 amide bonds. The minimum Gasteiger partial charge on any atom is -0.481 e. The van der Waals surface area contributed by atoms with E-state index >= 15 is 0 Å². The van der Waals surface area contributed by atoms with Gasteiger partial charge in [-0.2, -0.15) is 0 Å². The molecule has 2 N–H and O–H groups in total. The number of hydrogen-bond donors (Lipinski definition) is 2. The number of carboxylic acid groups (broad SMARTS) is 2. The van der Waals surface area contributed by atoms with Gasteiger partial charge in [-0.05, 0) is 12.8 Å². The lowest BCUT2D eigenvalue weighted by molar-refractivity contribution is -0.142. The van der Waals surface area contributed by atoms with Gasteiger partial charge in [-0.15, -0.1) is 0 Å². The standard InChI is InChI=1S/C12H22O4/c1-9(11(13)14)7-5-3-4-6-8-10(2)12(15)16/h9-10H,3-8H2,1-2H3,(H,13,14)(H,15,16). The Labute approximate surface area is 96.7 Å². The van der Waals surface area contributed by atoms with Crippen LogP contribution in [-0.4, -0.2) is 22.2 Å². The van der Waals surface area contributed by atoms with Crippen LogP contribution in [0.25, 0.3) is 0 Å². The van der Waals surface area contributed by atoms with Gasteiger partial charge >= 0.3 is 11.9 Å². The van der Waals surface area contributed by atoms with Gasteiger partial charge in [0.15, 0.2) is 0 Å². The number of carboxylic acids is 2. The Morgan fingerprint density at radius 1 is 0.812 bits per heavy atom. The summed E-state index contributed by atoms with van der Waals surface area (Å²) in [7, 11) is 0. The van der Waals surface area contributed by atoms with Crippen molar-refractivity contribution in [3.05, 3.63) is 0 Å². The molecule has 0 aromatic carbocycles. The largest absolute Gasteiger partial charge is 0.481 e. The molecule has 0 spiro atoms. The average molecular weight is 230 g/mol. The van der Waals surface area contributed by atoms with Crippen LogP contribution in [0.1, 0.15) is 52.4 Å². The van der Waals surface area contributed by atoms with Gasteiger partial charge in [0.05, 0.1) is 11.8 Å². The van der Waals surface area contributed by atoms with Crippen LogP contribution in [0.5, 0.6) is 0 Å². The second-order valence-corrected chi connectivity index (χ2v) is 4.47. The number of unbranched alkanes of at least 4 members (excludes halogenated alkanes) is 3. The van der Waals surface area contributed by atoms with Gasteiger partial charge in [-0.25, -0.2) is 0 Å². The highest BCUT2D eigenvalue weighted by Crippen LogP contribution is 2.14. The zero-order valence-electron chi connectivity index (χ0n) is 10.1. The summed E-state index contributed by atoms with van der Waals surface area (Å²) < 4.78 is 0. The number of rotatable bonds is 9. The molecule has 4 heteroatoms. The number of aliphatic carboxylic acids is 2. The van der Waals surface area contributed by atoms with E-state index in [1.54, 1.807) is 13.8 Å². The molecule has 2 atom stereocenters. The molecule has 0 aliphatic heterocycles. The first kappa shape index (κ1) is 14.9. The highest BCUT2D eigenvalue weighted by atomic mass is 16.4. The van der Waals surface area contributed by atoms with Crippen molar-refractivity contribution >= 4 is 11.9 Å². The van der Waals surface area contributed by atoms with E-state index in [0.29, 0.717) is 12.8 Å². The van der Waals surface area contributed by atoms with E-state index < -0.39 is 11.9 Å². The SMILES string of the molecule is CC(CCCCCCC(C)C(=O)O)C(=O)O. The fraction of sp³-hybridized carbons (Fsp3) is 0.833. The van der Waals surface area contributed by atoms with Crippen molar-refractivity contribution in [2.45, 2.75) is 52.4 Å². The molecule has 94 valence electrons. The highest BCUT2D eigenvalue weighted by molar-refractivity contribution is 5.69. The molecule has 0 radical (unpaired) electrons. The quantitative estimate of drug-likeness (QED) is 0.597. The fourth-order valence-electron chi connectivity index (χ4n) is 1.50. The van der Waals surface area contributed by atoms with E-state index in [4.69, 9.17) is 10.2 Å². The summed E-state index contributed by atoms with van der Waals surface area (Å²) in [5.41, 5.74) is 0. The maximum absolute atomic E-state index is 10.5. The zero-order chi connectivity index (χ0) is 12.6. The van der Waals surface area contributed by atoms with Crippen molar-refractivity contribution in [2.24, 2.45) is 11.8 Å². The van der Waals surface area contributed by atoms with Gasteiger partial charge < -0.3 is 10.2 Å². The number of hydrogen-bond acceptors (Lipinski definition) is 2. The van der Waals surface area contributed by atoms with Crippen molar-refractivity contribution in [1.29, 1.82) is 0 Å². The first-order valence-electron chi connectivity index (χ1n) is 5.90. The Morgan fingerprint density at radius 2 is 1.12 bits per heavy atom. The summed E-state index contributed by atoms with van der Waals surface area (Å²) in [5.74, 6) is -2.00. The van der Waals surface area contributed by atoms with Crippen molar-refractivity contribution in [3.8, 4) is 0 Å². The van der Waals surface area contributed by atoms with Crippen LogP contribution in [0.2, 0.25) is 0 Å². The van der Waals surface area contributed by atoms with Crippen LogP contribution in [0.3, 0.4) is 0 Å². The zero-order valence-corrected chi connectivity index (χ0v) is 10.1. The molecule has 16 heavy (non-hydrogen) atoms. The molecule has 0 saturated carbocycles. The Morgan fingerprint density at radius 3 is 1.38 bits per heavy atom. The third kappa shape index (κ3) is 7.26. The van der Waals surface area contributed by atoms with Crippen molar-refractivity contribution in [1.82, 2.24) is 0 Å². The van der Waals surface area contributed by atoms with Crippen molar-refractivity contribution in [3.63, 3.8) is 0 Å². The van der Waals surface area contributed by atoms with Crippen LogP contribution in [0.4, 0.5) is 0 Å². The molecule has 4 nitrogen and oxygen atoms in total. The van der Waals surface area contributed by atoms with Crippen LogP contribution < -0.4 is 0 Å².